The van der Waals surface area contributed by atoms with Gasteiger partial charge in [-0.05, 0) is 36.8 Å². The number of carbonyl (C=O) groups excluding carboxylic acids is 1. The second-order valence-electron chi connectivity index (χ2n) is 4.88. The molecule has 0 aliphatic carbocycles. The van der Waals surface area contributed by atoms with E-state index in [0.29, 0.717) is 5.56 Å². The monoisotopic (exact) mass is 299 g/mol. The molecule has 2 aromatic heterocycles. The zero-order valence-corrected chi connectivity index (χ0v) is 12.7. The molecule has 0 unspecified atom stereocenters. The number of unbranched alkanes of at least 4 members (excludes halogenated alkanes) is 1. The van der Waals surface area contributed by atoms with E-state index in [2.05, 4.69) is 17.2 Å². The molecule has 108 valence electrons. The summed E-state index contributed by atoms with van der Waals surface area (Å²) in [5.74, 6) is -0.0127. The maximum Gasteiger partial charge on any atom is 0.251 e. The third-order valence-electron chi connectivity index (χ3n) is 3.28. The molecule has 0 bridgehead atoms. The van der Waals surface area contributed by atoms with Gasteiger partial charge in [-0.25, -0.2) is 4.98 Å². The summed E-state index contributed by atoms with van der Waals surface area (Å²) in [6.45, 7) is 2.84. The third kappa shape index (κ3) is 2.97. The summed E-state index contributed by atoms with van der Waals surface area (Å²) in [6.07, 6.45) is 6.02. The first-order valence-corrected chi connectivity index (χ1v) is 7.91. The fourth-order valence-electron chi connectivity index (χ4n) is 2.11. The molecule has 1 N–H and O–H groups in total. The topological polar surface area (TPSA) is 46.9 Å². The van der Waals surface area contributed by atoms with Gasteiger partial charge in [-0.15, -0.1) is 0 Å². The highest BCUT2D eigenvalue weighted by molar-refractivity contribution is 7.20. The first-order chi connectivity index (χ1) is 10.3. The van der Waals surface area contributed by atoms with Crippen LogP contribution in [0.15, 0.2) is 42.7 Å². The van der Waals surface area contributed by atoms with Crippen LogP contribution in [0.2, 0.25) is 0 Å². The minimum atomic E-state index is -0.0127. The number of fused-ring (bicyclic) bond motifs is 1. The van der Waals surface area contributed by atoms with Crippen LogP contribution in [0.25, 0.3) is 15.3 Å². The Morgan fingerprint density at radius 1 is 1.33 bits per heavy atom. The second-order valence-corrected chi connectivity index (χ2v) is 5.89. The molecule has 3 rings (SSSR count). The molecular weight excluding hydrogens is 282 g/mol. The highest BCUT2D eigenvalue weighted by Crippen LogP contribution is 2.25. The standard InChI is InChI=1S/C16H17N3OS/c1-2-3-8-17-15(20)12-6-7-13-14(11-12)21-16(18-13)19-9-4-5-10-19/h4-7,9-11H,2-3,8H2,1H3,(H,17,20). The molecule has 4 nitrogen and oxygen atoms in total. The number of thiazole rings is 1. The maximum atomic E-state index is 12.1. The summed E-state index contributed by atoms with van der Waals surface area (Å²) in [6, 6.07) is 9.61. The number of benzene rings is 1. The molecule has 0 fully saturated rings. The fourth-order valence-corrected chi connectivity index (χ4v) is 3.08. The van der Waals surface area contributed by atoms with Gasteiger partial charge in [0, 0.05) is 24.5 Å². The summed E-state index contributed by atoms with van der Waals surface area (Å²) in [5.41, 5.74) is 1.62. The smallest absolute Gasteiger partial charge is 0.251 e. The van der Waals surface area contributed by atoms with Crippen LogP contribution in [0.3, 0.4) is 0 Å². The van der Waals surface area contributed by atoms with E-state index in [9.17, 15) is 4.79 Å². The summed E-state index contributed by atoms with van der Waals surface area (Å²) in [4.78, 5) is 16.6. The largest absolute Gasteiger partial charge is 0.352 e. The van der Waals surface area contributed by atoms with E-state index in [0.717, 1.165) is 34.7 Å². The molecule has 2 heterocycles. The number of rotatable bonds is 5. The van der Waals surface area contributed by atoms with Gasteiger partial charge >= 0.3 is 0 Å². The van der Waals surface area contributed by atoms with Crippen molar-refractivity contribution >= 4 is 27.5 Å². The van der Waals surface area contributed by atoms with Crippen molar-refractivity contribution < 1.29 is 4.79 Å². The number of aromatic nitrogens is 2. The third-order valence-corrected chi connectivity index (χ3v) is 4.31. The van der Waals surface area contributed by atoms with E-state index < -0.39 is 0 Å². The Balaban J connectivity index is 1.84. The lowest BCUT2D eigenvalue weighted by Crippen LogP contribution is -2.24. The Morgan fingerprint density at radius 2 is 2.14 bits per heavy atom. The average molecular weight is 299 g/mol. The van der Waals surface area contributed by atoms with Crippen molar-refractivity contribution in [3.8, 4) is 5.13 Å². The first kappa shape index (κ1) is 13.8. The van der Waals surface area contributed by atoms with E-state index in [-0.39, 0.29) is 5.91 Å². The predicted octanol–water partition coefficient (Wildman–Crippen LogP) is 3.62. The van der Waals surface area contributed by atoms with E-state index >= 15 is 0 Å². The van der Waals surface area contributed by atoms with Crippen molar-refractivity contribution in [2.24, 2.45) is 0 Å². The van der Waals surface area contributed by atoms with Gasteiger partial charge in [-0.2, -0.15) is 0 Å². The molecule has 0 saturated carbocycles. The molecule has 0 aliphatic heterocycles. The van der Waals surface area contributed by atoms with E-state index in [1.54, 1.807) is 11.3 Å². The van der Waals surface area contributed by atoms with Crippen molar-refractivity contribution in [2.45, 2.75) is 19.8 Å². The van der Waals surface area contributed by atoms with E-state index in [1.807, 2.05) is 47.3 Å². The molecule has 1 aromatic carbocycles. The number of nitrogens with one attached hydrogen (secondary N) is 1. The van der Waals surface area contributed by atoms with Gasteiger partial charge in [0.1, 0.15) is 0 Å². The van der Waals surface area contributed by atoms with Gasteiger partial charge in [0.05, 0.1) is 10.2 Å². The molecule has 0 aliphatic rings. The number of amides is 1. The summed E-state index contributed by atoms with van der Waals surface area (Å²) in [7, 11) is 0. The number of hydrogen-bond donors (Lipinski definition) is 1. The first-order valence-electron chi connectivity index (χ1n) is 7.10. The number of nitrogens with zero attached hydrogens (tertiary/aromatic N) is 2. The average Bonchev–Trinajstić information content (AvgIpc) is 3.15. The van der Waals surface area contributed by atoms with Crippen LogP contribution >= 0.6 is 11.3 Å². The highest BCUT2D eigenvalue weighted by Gasteiger charge is 2.09. The van der Waals surface area contributed by atoms with Gasteiger partial charge in [-0.3, -0.25) is 4.79 Å². The van der Waals surface area contributed by atoms with Gasteiger partial charge in [0.25, 0.3) is 5.91 Å². The Hall–Kier alpha value is -2.14. The fraction of sp³-hybridized carbons (Fsp3) is 0.250. The van der Waals surface area contributed by atoms with Crippen molar-refractivity contribution in [1.82, 2.24) is 14.9 Å². The minimum Gasteiger partial charge on any atom is -0.352 e. The Morgan fingerprint density at radius 3 is 2.90 bits per heavy atom. The van der Waals surface area contributed by atoms with E-state index in [4.69, 9.17) is 0 Å². The van der Waals surface area contributed by atoms with Gasteiger partial charge in [-0.1, -0.05) is 24.7 Å². The maximum absolute atomic E-state index is 12.1. The molecule has 0 atom stereocenters. The summed E-state index contributed by atoms with van der Waals surface area (Å²) in [5, 5.41) is 3.85. The SMILES string of the molecule is CCCCNC(=O)c1ccc2nc(-n3cccc3)sc2c1. The normalized spacial score (nSPS) is 10.9. The number of carbonyl (C=O) groups is 1. The van der Waals surface area contributed by atoms with Gasteiger partial charge in [0.2, 0.25) is 0 Å². The molecule has 1 amide bonds. The highest BCUT2D eigenvalue weighted by atomic mass is 32.1. The number of hydrogen-bond acceptors (Lipinski definition) is 3. The Bertz CT molecular complexity index is 746. The molecule has 21 heavy (non-hydrogen) atoms. The predicted molar refractivity (Wildman–Crippen MR) is 86.2 cm³/mol. The zero-order valence-electron chi connectivity index (χ0n) is 11.9. The summed E-state index contributed by atoms with van der Waals surface area (Å²) < 4.78 is 3.01. The molecular formula is C16H17N3OS. The molecule has 0 spiro atoms. The lowest BCUT2D eigenvalue weighted by molar-refractivity contribution is 0.0953. The van der Waals surface area contributed by atoms with Crippen LogP contribution in [0.1, 0.15) is 30.1 Å². The van der Waals surface area contributed by atoms with Crippen LogP contribution < -0.4 is 5.32 Å². The van der Waals surface area contributed by atoms with Crippen molar-refractivity contribution in [1.29, 1.82) is 0 Å². The summed E-state index contributed by atoms with van der Waals surface area (Å²) >= 11 is 1.59. The van der Waals surface area contributed by atoms with Crippen LogP contribution in [-0.4, -0.2) is 22.0 Å². The Kier molecular flexibility index (Phi) is 4.01. The van der Waals surface area contributed by atoms with Crippen molar-refractivity contribution in [2.75, 3.05) is 6.54 Å². The molecule has 5 heteroatoms. The lowest BCUT2D eigenvalue weighted by atomic mass is 10.2. The van der Waals surface area contributed by atoms with Gasteiger partial charge in [0.15, 0.2) is 5.13 Å². The second kappa shape index (κ2) is 6.10. The van der Waals surface area contributed by atoms with Crippen LogP contribution in [0.5, 0.6) is 0 Å². The van der Waals surface area contributed by atoms with Crippen LogP contribution in [-0.2, 0) is 0 Å². The van der Waals surface area contributed by atoms with Gasteiger partial charge < -0.3 is 9.88 Å². The quantitative estimate of drug-likeness (QED) is 0.731. The van der Waals surface area contributed by atoms with Crippen molar-refractivity contribution in [3.05, 3.63) is 48.3 Å². The molecule has 0 radical (unpaired) electrons. The molecule has 0 saturated heterocycles. The molecule has 3 aromatic rings. The zero-order chi connectivity index (χ0) is 14.7. The van der Waals surface area contributed by atoms with Crippen LogP contribution in [0, 0.1) is 0 Å². The lowest BCUT2D eigenvalue weighted by Gasteiger charge is -2.03. The van der Waals surface area contributed by atoms with Crippen molar-refractivity contribution in [3.63, 3.8) is 0 Å². The van der Waals surface area contributed by atoms with Crippen LogP contribution in [0.4, 0.5) is 0 Å². The Labute approximate surface area is 127 Å². The van der Waals surface area contributed by atoms with E-state index in [1.165, 1.54) is 0 Å². The minimum absolute atomic E-state index is 0.0127.